The molecule has 0 saturated carbocycles. The van der Waals surface area contributed by atoms with Crippen molar-refractivity contribution in [3.8, 4) is 33.8 Å². The van der Waals surface area contributed by atoms with Gasteiger partial charge in [-0.25, -0.2) is 0 Å². The van der Waals surface area contributed by atoms with Gasteiger partial charge in [0.2, 0.25) is 0 Å². The maximum Gasteiger partial charge on any atom is 0.126 e. The minimum atomic E-state index is -0.509. The number of phenols is 2. The fraction of sp³-hybridized carbons (Fsp3) is 0.0769. The van der Waals surface area contributed by atoms with Crippen LogP contribution in [0.5, 0.6) is 11.5 Å². The van der Waals surface area contributed by atoms with Gasteiger partial charge in [-0.15, -0.1) is 13.2 Å². The topological polar surface area (TPSA) is 40.5 Å². The lowest BCUT2D eigenvalue weighted by molar-refractivity contribution is 0.476. The number of fused-ring (bicyclic) bond motifs is 12. The van der Waals surface area contributed by atoms with Crippen LogP contribution in [0, 0.1) is 0 Å². The summed E-state index contributed by atoms with van der Waals surface area (Å²) in [5.41, 5.74) is 10.8. The first-order chi connectivity index (χ1) is 20.1. The molecule has 0 aliphatic heterocycles. The van der Waals surface area contributed by atoms with Crippen LogP contribution in [0.4, 0.5) is 0 Å². The van der Waals surface area contributed by atoms with E-state index < -0.39 is 5.41 Å². The molecule has 2 N–H and O–H groups in total. The van der Waals surface area contributed by atoms with Crippen LogP contribution in [0.3, 0.4) is 0 Å². The molecule has 0 saturated heterocycles. The summed E-state index contributed by atoms with van der Waals surface area (Å²) in [5, 5.41) is 26.3. The molecule has 0 bridgehead atoms. The molecule has 0 aromatic heterocycles. The standard InChI is InChI=1S/C39H28O2/c1-3-9-23-15-17-25-19-35-31(21-29(25)37(23)40)27-11-5-7-13-33(27)39(35)34-14-8-6-12-28(34)32-22-30-26(20-36(32)39)18-16-24(10-4-2)38(30)41/h3-8,11-22,40-41H,1-2,9-10H2. The minimum Gasteiger partial charge on any atom is -0.507 e. The summed E-state index contributed by atoms with van der Waals surface area (Å²) in [6.45, 7) is 7.73. The smallest absolute Gasteiger partial charge is 0.126 e. The monoisotopic (exact) mass is 528 g/mol. The van der Waals surface area contributed by atoms with E-state index in [-0.39, 0.29) is 0 Å². The second kappa shape index (κ2) is 8.46. The van der Waals surface area contributed by atoms with Crippen molar-refractivity contribution in [3.63, 3.8) is 0 Å². The largest absolute Gasteiger partial charge is 0.507 e. The van der Waals surface area contributed by atoms with Crippen molar-refractivity contribution in [1.29, 1.82) is 0 Å². The molecule has 0 fully saturated rings. The van der Waals surface area contributed by atoms with Gasteiger partial charge in [-0.2, -0.15) is 0 Å². The molecule has 2 nitrogen and oxygen atoms in total. The number of rotatable bonds is 4. The number of phenolic OH excluding ortho intramolecular Hbond substituents is 2. The van der Waals surface area contributed by atoms with Crippen LogP contribution in [0.15, 0.2) is 122 Å². The average Bonchev–Trinajstić information content (AvgIpc) is 3.45. The Bertz CT molecular complexity index is 1960. The zero-order chi connectivity index (χ0) is 27.9. The van der Waals surface area contributed by atoms with Gasteiger partial charge in [-0.1, -0.05) is 84.9 Å². The molecule has 8 rings (SSSR count). The van der Waals surface area contributed by atoms with Crippen molar-refractivity contribution < 1.29 is 10.2 Å². The van der Waals surface area contributed by atoms with Gasteiger partial charge in [0.1, 0.15) is 11.5 Å². The SMILES string of the molecule is C=CCc1ccc2cc3c(cc2c1O)-c1ccccc1C31c2ccccc2-c2cc3c(O)c(CC=C)ccc3cc21. The summed E-state index contributed by atoms with van der Waals surface area (Å²) in [6, 6.07) is 34.5. The zero-order valence-corrected chi connectivity index (χ0v) is 22.6. The van der Waals surface area contributed by atoms with Crippen molar-refractivity contribution in [3.05, 3.63) is 156 Å². The maximum absolute atomic E-state index is 11.3. The third-order valence-corrected chi connectivity index (χ3v) is 9.21. The number of allylic oxidation sites excluding steroid dienone is 2. The highest BCUT2D eigenvalue weighted by molar-refractivity contribution is 6.04. The first kappa shape index (κ1) is 23.8. The van der Waals surface area contributed by atoms with Crippen LogP contribution < -0.4 is 0 Å². The highest BCUT2D eigenvalue weighted by Gasteiger charge is 2.51. The summed E-state index contributed by atoms with van der Waals surface area (Å²) in [6.07, 6.45) is 4.89. The van der Waals surface area contributed by atoms with Crippen LogP contribution in [0.25, 0.3) is 43.8 Å². The molecule has 2 aliphatic rings. The molecule has 0 radical (unpaired) electrons. The summed E-state index contributed by atoms with van der Waals surface area (Å²) in [4.78, 5) is 0. The van der Waals surface area contributed by atoms with Crippen LogP contribution in [0.1, 0.15) is 33.4 Å². The number of hydrogen-bond donors (Lipinski definition) is 2. The fourth-order valence-corrected chi connectivity index (χ4v) is 7.47. The number of benzene rings is 6. The van der Waals surface area contributed by atoms with E-state index in [0.717, 1.165) is 43.8 Å². The summed E-state index contributed by atoms with van der Waals surface area (Å²) >= 11 is 0. The van der Waals surface area contributed by atoms with E-state index >= 15 is 0 Å². The molecule has 0 amide bonds. The molecule has 41 heavy (non-hydrogen) atoms. The predicted molar refractivity (Wildman–Crippen MR) is 169 cm³/mol. The maximum atomic E-state index is 11.3. The van der Waals surface area contributed by atoms with Gasteiger partial charge in [-0.05, 0) is 104 Å². The average molecular weight is 529 g/mol. The molecular formula is C39H28O2. The van der Waals surface area contributed by atoms with Crippen LogP contribution >= 0.6 is 0 Å². The molecule has 0 unspecified atom stereocenters. The van der Waals surface area contributed by atoms with Crippen molar-refractivity contribution in [2.45, 2.75) is 18.3 Å². The third-order valence-electron chi connectivity index (χ3n) is 9.21. The molecule has 196 valence electrons. The summed E-state index contributed by atoms with van der Waals surface area (Å²) in [5.74, 6) is 0.653. The molecule has 6 aromatic rings. The van der Waals surface area contributed by atoms with E-state index in [1.54, 1.807) is 0 Å². The van der Waals surface area contributed by atoms with E-state index in [4.69, 9.17) is 0 Å². The fourth-order valence-electron chi connectivity index (χ4n) is 7.47. The number of aromatic hydroxyl groups is 2. The molecule has 2 heteroatoms. The lowest BCUT2D eigenvalue weighted by Crippen LogP contribution is -2.25. The quantitative estimate of drug-likeness (QED) is 0.224. The Morgan fingerprint density at radius 1 is 0.512 bits per heavy atom. The predicted octanol–water partition coefficient (Wildman–Crippen LogP) is 9.20. The van der Waals surface area contributed by atoms with Crippen molar-refractivity contribution in [2.75, 3.05) is 0 Å². The molecular weight excluding hydrogens is 500 g/mol. The van der Waals surface area contributed by atoms with E-state index in [2.05, 4.69) is 98.1 Å². The summed E-state index contributed by atoms with van der Waals surface area (Å²) in [7, 11) is 0. The second-order valence-corrected chi connectivity index (χ2v) is 11.2. The van der Waals surface area contributed by atoms with E-state index in [0.29, 0.717) is 24.3 Å². The molecule has 0 atom stereocenters. The Morgan fingerprint density at radius 2 is 0.951 bits per heavy atom. The highest BCUT2D eigenvalue weighted by Crippen LogP contribution is 2.64. The first-order valence-corrected chi connectivity index (χ1v) is 14.1. The Kier molecular flexibility index (Phi) is 4.91. The van der Waals surface area contributed by atoms with Gasteiger partial charge in [0.25, 0.3) is 0 Å². The molecule has 2 aliphatic carbocycles. The van der Waals surface area contributed by atoms with Crippen LogP contribution in [0.2, 0.25) is 0 Å². The zero-order valence-electron chi connectivity index (χ0n) is 22.6. The molecule has 1 spiro atoms. The van der Waals surface area contributed by atoms with Crippen molar-refractivity contribution in [1.82, 2.24) is 0 Å². The highest BCUT2D eigenvalue weighted by atomic mass is 16.3. The summed E-state index contributed by atoms with van der Waals surface area (Å²) < 4.78 is 0. The van der Waals surface area contributed by atoms with Gasteiger partial charge >= 0.3 is 0 Å². The second-order valence-electron chi connectivity index (χ2n) is 11.2. The molecule has 6 aromatic carbocycles. The van der Waals surface area contributed by atoms with Gasteiger partial charge in [0.15, 0.2) is 0 Å². The lowest BCUT2D eigenvalue weighted by Gasteiger charge is -2.31. The Labute approximate surface area is 239 Å². The van der Waals surface area contributed by atoms with E-state index in [1.807, 2.05) is 24.3 Å². The van der Waals surface area contributed by atoms with Crippen LogP contribution in [-0.4, -0.2) is 10.2 Å². The first-order valence-electron chi connectivity index (χ1n) is 14.1. The van der Waals surface area contributed by atoms with Crippen LogP contribution in [-0.2, 0) is 18.3 Å². The van der Waals surface area contributed by atoms with Gasteiger partial charge in [0.05, 0.1) is 5.41 Å². The van der Waals surface area contributed by atoms with E-state index in [9.17, 15) is 10.2 Å². The van der Waals surface area contributed by atoms with Gasteiger partial charge < -0.3 is 10.2 Å². The Balaban J connectivity index is 1.51. The normalized spacial score (nSPS) is 13.7. The van der Waals surface area contributed by atoms with Crippen molar-refractivity contribution >= 4 is 21.5 Å². The lowest BCUT2D eigenvalue weighted by atomic mass is 9.70. The number of hydrogen-bond acceptors (Lipinski definition) is 2. The van der Waals surface area contributed by atoms with E-state index in [1.165, 1.54) is 33.4 Å². The third kappa shape index (κ3) is 2.97. The van der Waals surface area contributed by atoms with Crippen molar-refractivity contribution in [2.24, 2.45) is 0 Å². The molecule has 0 heterocycles. The van der Waals surface area contributed by atoms with Gasteiger partial charge in [-0.3, -0.25) is 0 Å². The van der Waals surface area contributed by atoms with Gasteiger partial charge in [0, 0.05) is 10.8 Å². The Morgan fingerprint density at radius 3 is 1.39 bits per heavy atom. The minimum absolute atomic E-state index is 0.327. The Hall–Kier alpha value is -5.08.